The van der Waals surface area contributed by atoms with Gasteiger partial charge in [-0.1, -0.05) is 29.4 Å². The summed E-state index contributed by atoms with van der Waals surface area (Å²) in [4.78, 5) is 21.0. The number of hydrogen-bond donors (Lipinski definition) is 1. The third-order valence-electron chi connectivity index (χ3n) is 5.73. The van der Waals surface area contributed by atoms with Crippen molar-refractivity contribution in [3.63, 3.8) is 0 Å². The molecule has 4 aromatic rings. The molecule has 2 atom stereocenters. The molecular formula is C24H19F3N4O3. The minimum absolute atomic E-state index is 0.0619. The molecule has 34 heavy (non-hydrogen) atoms. The lowest BCUT2D eigenvalue weighted by atomic mass is 9.96. The summed E-state index contributed by atoms with van der Waals surface area (Å²) in [5.74, 6) is 0.356. The van der Waals surface area contributed by atoms with Gasteiger partial charge in [0, 0.05) is 24.3 Å². The molecule has 0 bridgehead atoms. The van der Waals surface area contributed by atoms with Crippen molar-refractivity contribution in [1.29, 1.82) is 0 Å². The molecule has 1 saturated carbocycles. The van der Waals surface area contributed by atoms with Crippen LogP contribution in [-0.2, 0) is 11.3 Å². The van der Waals surface area contributed by atoms with E-state index in [1.54, 1.807) is 31.5 Å². The van der Waals surface area contributed by atoms with Gasteiger partial charge in [-0.15, -0.1) is 13.2 Å². The van der Waals surface area contributed by atoms with Gasteiger partial charge in [0.05, 0.1) is 11.8 Å². The van der Waals surface area contributed by atoms with Gasteiger partial charge in [0.15, 0.2) is 5.82 Å². The highest BCUT2D eigenvalue weighted by molar-refractivity contribution is 5.98. The molecule has 1 fully saturated rings. The first-order chi connectivity index (χ1) is 16.3. The lowest BCUT2D eigenvalue weighted by Crippen LogP contribution is -2.25. The summed E-state index contributed by atoms with van der Waals surface area (Å²) >= 11 is 0. The van der Waals surface area contributed by atoms with Gasteiger partial charge in [0.2, 0.25) is 11.8 Å². The van der Waals surface area contributed by atoms with Gasteiger partial charge >= 0.3 is 6.36 Å². The smallest absolute Gasteiger partial charge is 0.406 e. The summed E-state index contributed by atoms with van der Waals surface area (Å²) in [5.41, 5.74) is 2.15. The van der Waals surface area contributed by atoms with Crippen molar-refractivity contribution >= 4 is 16.7 Å². The number of alkyl halides is 3. The van der Waals surface area contributed by atoms with Gasteiger partial charge < -0.3 is 14.6 Å². The molecule has 2 heterocycles. The largest absolute Gasteiger partial charge is 0.573 e. The number of carbonyl (C=O) groups excluding carboxylic acids is 1. The molecule has 0 spiro atoms. The third kappa shape index (κ3) is 4.57. The molecule has 1 amide bonds. The molecule has 2 aromatic carbocycles. The predicted octanol–water partition coefficient (Wildman–Crippen LogP) is 4.91. The zero-order chi connectivity index (χ0) is 23.9. The zero-order valence-electron chi connectivity index (χ0n) is 18.0. The van der Waals surface area contributed by atoms with E-state index in [1.807, 2.05) is 12.1 Å². The number of ether oxygens (including phenoxy) is 1. The number of hydrogen-bond acceptors (Lipinski definition) is 6. The minimum Gasteiger partial charge on any atom is -0.406 e. The SMILES string of the molecule is Cc1noc(C2CC2C(=O)NCc2ccc(-c3cccc(OC(F)(F)F)c3)c3ccncc23)n1. The second-order valence-electron chi connectivity index (χ2n) is 8.12. The van der Waals surface area contributed by atoms with Gasteiger partial charge in [0.1, 0.15) is 5.75 Å². The van der Waals surface area contributed by atoms with E-state index >= 15 is 0 Å². The van der Waals surface area contributed by atoms with E-state index in [0.717, 1.165) is 21.9 Å². The summed E-state index contributed by atoms with van der Waals surface area (Å²) in [5, 5.41) is 8.32. The number of benzene rings is 2. The molecule has 7 nitrogen and oxygen atoms in total. The summed E-state index contributed by atoms with van der Waals surface area (Å²) in [6.45, 7) is 2.01. The summed E-state index contributed by atoms with van der Waals surface area (Å²) < 4.78 is 47.1. The number of pyridine rings is 1. The normalized spacial score (nSPS) is 17.5. The number of aromatic nitrogens is 3. The summed E-state index contributed by atoms with van der Waals surface area (Å²) in [7, 11) is 0. The van der Waals surface area contributed by atoms with E-state index in [4.69, 9.17) is 4.52 Å². The lowest BCUT2D eigenvalue weighted by Gasteiger charge is -2.14. The van der Waals surface area contributed by atoms with E-state index in [2.05, 4.69) is 25.2 Å². The van der Waals surface area contributed by atoms with Crippen molar-refractivity contribution in [2.24, 2.45) is 5.92 Å². The van der Waals surface area contributed by atoms with E-state index in [1.165, 1.54) is 18.2 Å². The number of amides is 1. The van der Waals surface area contributed by atoms with Crippen LogP contribution in [0.4, 0.5) is 13.2 Å². The second-order valence-corrected chi connectivity index (χ2v) is 8.12. The maximum atomic E-state index is 12.6. The number of carbonyl (C=O) groups is 1. The first kappa shape index (κ1) is 21.9. The molecule has 10 heteroatoms. The average Bonchev–Trinajstić information content (AvgIpc) is 3.49. The van der Waals surface area contributed by atoms with Gasteiger partial charge in [-0.25, -0.2) is 0 Å². The Hall–Kier alpha value is -3.95. The van der Waals surface area contributed by atoms with Gasteiger partial charge in [-0.3, -0.25) is 9.78 Å². The van der Waals surface area contributed by atoms with E-state index < -0.39 is 6.36 Å². The number of nitrogens with one attached hydrogen (secondary N) is 1. The molecule has 1 aliphatic rings. The maximum absolute atomic E-state index is 12.6. The van der Waals surface area contributed by atoms with Crippen molar-refractivity contribution in [2.75, 3.05) is 0 Å². The van der Waals surface area contributed by atoms with Crippen LogP contribution in [0.25, 0.3) is 21.9 Å². The standard InChI is InChI=1S/C24H19F3N4O3/c1-13-30-23(34-31-13)20-10-19(20)22(32)29-11-15-5-6-17(18-7-8-28-12-21(15)18)14-3-2-4-16(9-14)33-24(25,26)27/h2-9,12,19-20H,10-11H2,1H3,(H,29,32). The first-order valence-electron chi connectivity index (χ1n) is 10.6. The Morgan fingerprint density at radius 1 is 1.21 bits per heavy atom. The highest BCUT2D eigenvalue weighted by Crippen LogP contribution is 2.46. The number of fused-ring (bicyclic) bond motifs is 1. The van der Waals surface area contributed by atoms with Gasteiger partial charge in [-0.2, -0.15) is 4.98 Å². The van der Waals surface area contributed by atoms with Crippen LogP contribution in [0.15, 0.2) is 59.4 Å². The Balaban J connectivity index is 1.35. The first-order valence-corrected chi connectivity index (χ1v) is 10.6. The van der Waals surface area contributed by atoms with Crippen LogP contribution in [0.5, 0.6) is 5.75 Å². The van der Waals surface area contributed by atoms with Gasteiger partial charge in [0.25, 0.3) is 0 Å². The molecule has 2 aromatic heterocycles. The van der Waals surface area contributed by atoms with Gasteiger partial charge in [-0.05, 0) is 53.6 Å². The number of aryl methyl sites for hydroxylation is 1. The quantitative estimate of drug-likeness (QED) is 0.432. The number of nitrogens with zero attached hydrogens (tertiary/aromatic N) is 3. The van der Waals surface area contributed by atoms with Crippen LogP contribution in [0, 0.1) is 12.8 Å². The third-order valence-corrected chi connectivity index (χ3v) is 5.73. The van der Waals surface area contributed by atoms with Crippen LogP contribution in [-0.4, -0.2) is 27.4 Å². The predicted molar refractivity (Wildman–Crippen MR) is 116 cm³/mol. The molecule has 2 unspecified atom stereocenters. The molecule has 0 radical (unpaired) electrons. The van der Waals surface area contributed by atoms with Crippen LogP contribution in [0.2, 0.25) is 0 Å². The number of halogens is 3. The Bertz CT molecular complexity index is 1370. The monoisotopic (exact) mass is 468 g/mol. The number of rotatable bonds is 6. The Morgan fingerprint density at radius 3 is 2.82 bits per heavy atom. The molecule has 1 N–H and O–H groups in total. The Kier molecular flexibility index (Phi) is 5.43. The highest BCUT2D eigenvalue weighted by atomic mass is 19.4. The van der Waals surface area contributed by atoms with Crippen LogP contribution in [0.3, 0.4) is 0 Å². The summed E-state index contributed by atoms with van der Waals surface area (Å²) in [6.07, 6.45) is -0.816. The van der Waals surface area contributed by atoms with E-state index in [9.17, 15) is 18.0 Å². The fraction of sp³-hybridized carbons (Fsp3) is 0.250. The second kappa shape index (κ2) is 8.44. The van der Waals surface area contributed by atoms with Crippen molar-refractivity contribution in [3.8, 4) is 16.9 Å². The maximum Gasteiger partial charge on any atom is 0.573 e. The van der Waals surface area contributed by atoms with Crippen molar-refractivity contribution < 1.29 is 27.2 Å². The topological polar surface area (TPSA) is 90.1 Å². The van der Waals surface area contributed by atoms with Crippen LogP contribution >= 0.6 is 0 Å². The molecule has 5 rings (SSSR count). The molecule has 0 aliphatic heterocycles. The van der Waals surface area contributed by atoms with Crippen LogP contribution < -0.4 is 10.1 Å². The molecular weight excluding hydrogens is 449 g/mol. The minimum atomic E-state index is -4.77. The zero-order valence-corrected chi connectivity index (χ0v) is 18.0. The fourth-order valence-electron chi connectivity index (χ4n) is 4.05. The summed E-state index contributed by atoms with van der Waals surface area (Å²) in [6, 6.07) is 11.3. The van der Waals surface area contributed by atoms with Crippen LogP contribution in [0.1, 0.15) is 29.6 Å². The highest BCUT2D eigenvalue weighted by Gasteiger charge is 2.47. The molecule has 0 saturated heterocycles. The molecule has 174 valence electrons. The van der Waals surface area contributed by atoms with E-state index in [0.29, 0.717) is 23.7 Å². The van der Waals surface area contributed by atoms with Crippen molar-refractivity contribution in [2.45, 2.75) is 32.2 Å². The van der Waals surface area contributed by atoms with E-state index in [-0.39, 0.29) is 30.0 Å². The Morgan fingerprint density at radius 2 is 2.06 bits per heavy atom. The molecule has 1 aliphatic carbocycles. The Labute approximate surface area is 192 Å². The average molecular weight is 468 g/mol. The van der Waals surface area contributed by atoms with Crippen molar-refractivity contribution in [3.05, 3.63) is 72.1 Å². The van der Waals surface area contributed by atoms with Crippen molar-refractivity contribution in [1.82, 2.24) is 20.4 Å². The fourth-order valence-corrected chi connectivity index (χ4v) is 4.05. The lowest BCUT2D eigenvalue weighted by molar-refractivity contribution is -0.274.